The van der Waals surface area contributed by atoms with Crippen molar-refractivity contribution in [1.82, 2.24) is 9.55 Å². The molecule has 2 heterocycles. The van der Waals surface area contributed by atoms with Gasteiger partial charge in [-0.2, -0.15) is 0 Å². The second-order valence-corrected chi connectivity index (χ2v) is 8.47. The monoisotopic (exact) mass is 450 g/mol. The summed E-state index contributed by atoms with van der Waals surface area (Å²) in [5, 5.41) is 11.4. The lowest BCUT2D eigenvalue weighted by molar-refractivity contribution is -0.384. The molecule has 1 aliphatic heterocycles. The highest BCUT2D eigenvalue weighted by molar-refractivity contribution is 6.08. The lowest BCUT2D eigenvalue weighted by atomic mass is 9.89. The predicted octanol–water partition coefficient (Wildman–Crippen LogP) is 4.11. The maximum atomic E-state index is 13.7. The van der Waals surface area contributed by atoms with Gasteiger partial charge in [-0.3, -0.25) is 24.6 Å². The molecule has 9 heteroatoms. The van der Waals surface area contributed by atoms with E-state index in [1.54, 1.807) is 24.0 Å². The number of hydrogen-bond donors (Lipinski definition) is 0. The molecule has 0 N–H and O–H groups in total. The Labute approximate surface area is 191 Å². The van der Waals surface area contributed by atoms with Crippen molar-refractivity contribution in [2.45, 2.75) is 33.2 Å². The zero-order chi connectivity index (χ0) is 23.7. The maximum absolute atomic E-state index is 13.7. The quantitative estimate of drug-likeness (QED) is 0.232. The van der Waals surface area contributed by atoms with Gasteiger partial charge in [0.25, 0.3) is 5.69 Å². The summed E-state index contributed by atoms with van der Waals surface area (Å²) in [7, 11) is 0. The van der Waals surface area contributed by atoms with E-state index in [0.717, 1.165) is 11.9 Å². The van der Waals surface area contributed by atoms with Gasteiger partial charge in [0.05, 0.1) is 28.6 Å². The summed E-state index contributed by atoms with van der Waals surface area (Å²) in [5.41, 5.74) is 1.77. The molecule has 0 fully saturated rings. The number of hydrogen-bond acceptors (Lipinski definition) is 6. The van der Waals surface area contributed by atoms with Crippen LogP contribution in [0.5, 0.6) is 0 Å². The summed E-state index contributed by atoms with van der Waals surface area (Å²) < 4.78 is 7.15. The van der Waals surface area contributed by atoms with Crippen LogP contribution in [0, 0.1) is 22.0 Å². The molecule has 0 aliphatic carbocycles. The van der Waals surface area contributed by atoms with Gasteiger partial charge in [0, 0.05) is 18.7 Å². The van der Waals surface area contributed by atoms with Crippen molar-refractivity contribution < 1.29 is 19.2 Å². The van der Waals surface area contributed by atoms with Gasteiger partial charge in [0.15, 0.2) is 5.92 Å². The Kier molecular flexibility index (Phi) is 6.13. The number of carbonyl (C=O) groups is 2. The van der Waals surface area contributed by atoms with Crippen LogP contribution in [0.15, 0.2) is 48.5 Å². The normalized spacial score (nSPS) is 17.9. The van der Waals surface area contributed by atoms with Gasteiger partial charge in [0.1, 0.15) is 0 Å². The number of ether oxygens (including phenoxy) is 1. The number of carbonyl (C=O) groups excluding carboxylic acids is 2. The molecule has 1 aliphatic rings. The number of nitro groups is 1. The first-order valence-electron chi connectivity index (χ1n) is 11.0. The predicted molar refractivity (Wildman–Crippen MR) is 123 cm³/mol. The molecule has 0 saturated carbocycles. The Balaban J connectivity index is 1.98. The summed E-state index contributed by atoms with van der Waals surface area (Å²) in [4.78, 5) is 44.1. The molecule has 9 nitrogen and oxygen atoms in total. The molecule has 1 amide bonds. The molecule has 33 heavy (non-hydrogen) atoms. The average molecular weight is 450 g/mol. The zero-order valence-electron chi connectivity index (χ0n) is 18.8. The first kappa shape index (κ1) is 22.4. The second-order valence-electron chi connectivity index (χ2n) is 8.47. The molecular formula is C24H26N4O5. The van der Waals surface area contributed by atoms with Gasteiger partial charge in [0.2, 0.25) is 11.9 Å². The minimum absolute atomic E-state index is 0.115. The fourth-order valence-electron chi connectivity index (χ4n) is 4.27. The van der Waals surface area contributed by atoms with Crippen LogP contribution in [0.1, 0.15) is 38.8 Å². The van der Waals surface area contributed by atoms with Crippen LogP contribution >= 0.6 is 0 Å². The van der Waals surface area contributed by atoms with Gasteiger partial charge in [-0.25, -0.2) is 4.98 Å². The number of non-ortho nitro benzene ring substituents is 1. The molecule has 2 atom stereocenters. The van der Waals surface area contributed by atoms with E-state index in [9.17, 15) is 19.7 Å². The Morgan fingerprint density at radius 2 is 1.97 bits per heavy atom. The van der Waals surface area contributed by atoms with Crippen LogP contribution < -0.4 is 4.90 Å². The van der Waals surface area contributed by atoms with E-state index >= 15 is 0 Å². The van der Waals surface area contributed by atoms with Crippen molar-refractivity contribution in [2.75, 3.05) is 18.1 Å². The summed E-state index contributed by atoms with van der Waals surface area (Å²) in [6.45, 7) is 6.32. The second kappa shape index (κ2) is 9.01. The zero-order valence-corrected chi connectivity index (χ0v) is 18.8. The van der Waals surface area contributed by atoms with E-state index in [-0.39, 0.29) is 12.3 Å². The summed E-state index contributed by atoms with van der Waals surface area (Å²) in [5.74, 6) is -1.49. The Hall–Kier alpha value is -3.75. The third-order valence-corrected chi connectivity index (χ3v) is 5.84. The van der Waals surface area contributed by atoms with Crippen LogP contribution in [-0.2, 0) is 14.3 Å². The van der Waals surface area contributed by atoms with E-state index < -0.39 is 28.8 Å². The van der Waals surface area contributed by atoms with Gasteiger partial charge in [-0.1, -0.05) is 38.1 Å². The smallest absolute Gasteiger partial charge is 0.321 e. The summed E-state index contributed by atoms with van der Waals surface area (Å²) in [6, 6.07) is 12.6. The third kappa shape index (κ3) is 4.06. The number of benzene rings is 2. The maximum Gasteiger partial charge on any atom is 0.321 e. The molecule has 0 unspecified atom stereocenters. The molecule has 172 valence electrons. The number of para-hydroxylation sites is 2. The first-order chi connectivity index (χ1) is 15.8. The molecular weight excluding hydrogens is 424 g/mol. The minimum Gasteiger partial charge on any atom is -0.465 e. The van der Waals surface area contributed by atoms with Crippen LogP contribution in [0.2, 0.25) is 0 Å². The summed E-state index contributed by atoms with van der Waals surface area (Å²) >= 11 is 0. The van der Waals surface area contributed by atoms with E-state index in [4.69, 9.17) is 9.72 Å². The van der Waals surface area contributed by atoms with E-state index in [1.165, 1.54) is 12.1 Å². The number of imidazole rings is 1. The Morgan fingerprint density at radius 3 is 2.67 bits per heavy atom. The number of amides is 1. The molecule has 4 rings (SSSR count). The number of rotatable bonds is 7. The minimum atomic E-state index is -1.19. The van der Waals surface area contributed by atoms with Crippen molar-refractivity contribution in [3.05, 3.63) is 64.2 Å². The fraction of sp³-hybridized carbons (Fsp3) is 0.375. The number of nitrogens with zero attached hydrogens (tertiary/aromatic N) is 4. The topological polar surface area (TPSA) is 108 Å². The van der Waals surface area contributed by atoms with Crippen LogP contribution in [0.3, 0.4) is 0 Å². The molecule has 0 saturated heterocycles. The standard InChI is InChI=1S/C24H26N4O5/c1-4-33-23(30)20-21(16-8-7-9-17(14-16)28(31)32)27-19-11-6-5-10-18(19)25-24(27)26(22(20)29)13-12-15(2)3/h5-11,14-15,20-21H,4,12-13H2,1-3H3/t20-,21-/m0/s1. The van der Waals surface area contributed by atoms with Crippen LogP contribution in [0.4, 0.5) is 11.6 Å². The van der Waals surface area contributed by atoms with Crippen molar-refractivity contribution in [2.24, 2.45) is 11.8 Å². The largest absolute Gasteiger partial charge is 0.465 e. The molecule has 0 bridgehead atoms. The highest BCUT2D eigenvalue weighted by Gasteiger charge is 2.48. The van der Waals surface area contributed by atoms with Crippen LogP contribution in [0.25, 0.3) is 11.0 Å². The molecule has 0 spiro atoms. The number of aromatic nitrogens is 2. The lowest BCUT2D eigenvalue weighted by Gasteiger charge is -2.38. The SMILES string of the molecule is CCOC(=O)[C@@H]1C(=O)N(CCC(C)C)c2nc3ccccc3n2[C@H]1c1cccc([N+](=O)[O-])c1. The average Bonchev–Trinajstić information content (AvgIpc) is 3.16. The molecule has 0 radical (unpaired) electrons. The molecule has 1 aromatic heterocycles. The highest BCUT2D eigenvalue weighted by Crippen LogP contribution is 2.42. The van der Waals surface area contributed by atoms with Crippen molar-refractivity contribution in [1.29, 1.82) is 0 Å². The number of anilines is 1. The number of esters is 1. The Bertz CT molecular complexity index is 1220. The number of fused-ring (bicyclic) bond motifs is 3. The molecule has 2 aromatic carbocycles. The van der Waals surface area contributed by atoms with E-state index in [2.05, 4.69) is 13.8 Å². The van der Waals surface area contributed by atoms with Crippen molar-refractivity contribution in [3.63, 3.8) is 0 Å². The third-order valence-electron chi connectivity index (χ3n) is 5.84. The van der Waals surface area contributed by atoms with E-state index in [1.807, 2.05) is 28.8 Å². The van der Waals surface area contributed by atoms with Gasteiger partial charge in [-0.05, 0) is 37.0 Å². The summed E-state index contributed by atoms with van der Waals surface area (Å²) in [6.07, 6.45) is 0.728. The molecule has 3 aromatic rings. The van der Waals surface area contributed by atoms with Crippen LogP contribution in [-0.4, -0.2) is 39.5 Å². The Morgan fingerprint density at radius 1 is 1.21 bits per heavy atom. The van der Waals surface area contributed by atoms with Gasteiger partial charge < -0.3 is 9.30 Å². The van der Waals surface area contributed by atoms with Crippen molar-refractivity contribution in [3.8, 4) is 0 Å². The van der Waals surface area contributed by atoms with E-state index in [0.29, 0.717) is 29.5 Å². The highest BCUT2D eigenvalue weighted by atomic mass is 16.6. The van der Waals surface area contributed by atoms with Gasteiger partial charge in [-0.15, -0.1) is 0 Å². The van der Waals surface area contributed by atoms with Crippen molar-refractivity contribution >= 4 is 34.5 Å². The van der Waals surface area contributed by atoms with Gasteiger partial charge >= 0.3 is 5.97 Å². The first-order valence-corrected chi connectivity index (χ1v) is 11.0. The fourth-order valence-corrected chi connectivity index (χ4v) is 4.27. The number of nitro benzene ring substituents is 1. The lowest BCUT2D eigenvalue weighted by Crippen LogP contribution is -2.50.